The van der Waals surface area contributed by atoms with Crippen LogP contribution >= 0.6 is 11.3 Å². The highest BCUT2D eigenvalue weighted by Crippen LogP contribution is 2.34. The minimum atomic E-state index is 0.270. The van der Waals surface area contributed by atoms with E-state index in [1.165, 1.54) is 28.9 Å². The summed E-state index contributed by atoms with van der Waals surface area (Å²) in [6, 6.07) is 15.2. The molecule has 1 saturated heterocycles. The Morgan fingerprint density at radius 2 is 2.00 bits per heavy atom. The molecule has 4 heteroatoms. The fraction of sp³-hybridized carbons (Fsp3) is 0.381. The number of nitrogens with zero attached hydrogens (tertiary/aromatic N) is 2. The highest BCUT2D eigenvalue weighted by Gasteiger charge is 2.29. The molecule has 3 nitrogen and oxygen atoms in total. The van der Waals surface area contributed by atoms with Gasteiger partial charge in [0.15, 0.2) is 0 Å². The number of carbonyl (C=O) groups is 1. The van der Waals surface area contributed by atoms with Crippen LogP contribution < -0.4 is 0 Å². The van der Waals surface area contributed by atoms with Crippen LogP contribution in [0.4, 0.5) is 0 Å². The Morgan fingerprint density at radius 3 is 2.72 bits per heavy atom. The zero-order valence-electron chi connectivity index (χ0n) is 14.4. The summed E-state index contributed by atoms with van der Waals surface area (Å²) in [6.07, 6.45) is 5.53. The van der Waals surface area contributed by atoms with Crippen LogP contribution in [0.5, 0.6) is 0 Å². The largest absolute Gasteiger partial charge is 0.338 e. The second-order valence-electron chi connectivity index (χ2n) is 6.83. The molecule has 0 saturated carbocycles. The third kappa shape index (κ3) is 3.70. The molecule has 4 rings (SSSR count). The van der Waals surface area contributed by atoms with Gasteiger partial charge in [0, 0.05) is 24.0 Å². The first kappa shape index (κ1) is 16.6. The van der Waals surface area contributed by atoms with E-state index >= 15 is 0 Å². The molecule has 2 aliphatic rings. The van der Waals surface area contributed by atoms with Crippen LogP contribution in [0.15, 0.2) is 53.9 Å². The van der Waals surface area contributed by atoms with Crippen LogP contribution in [-0.4, -0.2) is 41.9 Å². The minimum Gasteiger partial charge on any atom is -0.338 e. The lowest BCUT2D eigenvalue weighted by Crippen LogP contribution is -2.41. The second kappa shape index (κ2) is 7.54. The van der Waals surface area contributed by atoms with Gasteiger partial charge in [-0.05, 0) is 48.4 Å². The average molecular weight is 353 g/mol. The Labute approximate surface area is 153 Å². The van der Waals surface area contributed by atoms with Gasteiger partial charge in [-0.3, -0.25) is 9.69 Å². The minimum absolute atomic E-state index is 0.270. The van der Waals surface area contributed by atoms with E-state index in [4.69, 9.17) is 0 Å². The van der Waals surface area contributed by atoms with Crippen molar-refractivity contribution in [2.45, 2.75) is 25.3 Å². The highest BCUT2D eigenvalue weighted by atomic mass is 32.1. The van der Waals surface area contributed by atoms with Crippen molar-refractivity contribution in [3.8, 4) is 0 Å². The first-order valence-corrected chi connectivity index (χ1v) is 9.99. The number of carbonyl (C=O) groups excluding carboxylic acids is 1. The summed E-state index contributed by atoms with van der Waals surface area (Å²) in [6.45, 7) is 3.15. The van der Waals surface area contributed by atoms with Crippen molar-refractivity contribution in [3.05, 3.63) is 64.4 Å². The van der Waals surface area contributed by atoms with Crippen LogP contribution in [-0.2, 0) is 4.79 Å². The van der Waals surface area contributed by atoms with E-state index in [-0.39, 0.29) is 5.91 Å². The number of hydrogen-bond acceptors (Lipinski definition) is 3. The lowest BCUT2D eigenvalue weighted by molar-refractivity contribution is -0.132. The fourth-order valence-corrected chi connectivity index (χ4v) is 4.80. The number of thiophene rings is 1. The third-order valence-electron chi connectivity index (χ3n) is 5.28. The van der Waals surface area contributed by atoms with Gasteiger partial charge in [0.25, 0.3) is 0 Å². The predicted octanol–water partition coefficient (Wildman–Crippen LogP) is 4.20. The summed E-state index contributed by atoms with van der Waals surface area (Å²) in [5.74, 6) is 0.270. The Kier molecular flexibility index (Phi) is 4.99. The van der Waals surface area contributed by atoms with Crippen LogP contribution in [0.3, 0.4) is 0 Å². The Morgan fingerprint density at radius 1 is 1.12 bits per heavy atom. The molecule has 0 unspecified atom stereocenters. The van der Waals surface area contributed by atoms with E-state index in [1.54, 1.807) is 0 Å². The highest BCUT2D eigenvalue weighted by molar-refractivity contribution is 7.10. The SMILES string of the molecule is O=C(CN1CCC[C@H]1c1cccs1)N1CC=C(c2ccccc2)CC1. The monoisotopic (exact) mass is 352 g/mol. The van der Waals surface area contributed by atoms with Crippen LogP contribution in [0.25, 0.3) is 5.57 Å². The van der Waals surface area contributed by atoms with Gasteiger partial charge in [-0.2, -0.15) is 0 Å². The van der Waals surface area contributed by atoms with Crippen LogP contribution in [0, 0.1) is 0 Å². The van der Waals surface area contributed by atoms with E-state index in [0.29, 0.717) is 12.6 Å². The number of hydrogen-bond donors (Lipinski definition) is 0. The molecule has 0 aliphatic carbocycles. The molecule has 3 heterocycles. The van der Waals surface area contributed by atoms with Gasteiger partial charge in [-0.25, -0.2) is 0 Å². The molecular weight excluding hydrogens is 328 g/mol. The molecule has 1 fully saturated rings. The van der Waals surface area contributed by atoms with E-state index in [1.807, 2.05) is 22.3 Å². The van der Waals surface area contributed by atoms with Gasteiger partial charge in [0.05, 0.1) is 6.54 Å². The summed E-state index contributed by atoms with van der Waals surface area (Å²) in [7, 11) is 0. The molecular formula is C21H24N2OS. The second-order valence-corrected chi connectivity index (χ2v) is 7.81. The molecule has 0 radical (unpaired) electrons. The molecule has 0 spiro atoms. The first-order chi connectivity index (χ1) is 12.3. The quantitative estimate of drug-likeness (QED) is 0.823. The van der Waals surface area contributed by atoms with Gasteiger partial charge >= 0.3 is 0 Å². The maximum atomic E-state index is 12.8. The smallest absolute Gasteiger partial charge is 0.237 e. The number of benzene rings is 1. The molecule has 0 bridgehead atoms. The van der Waals surface area contributed by atoms with Crippen molar-refractivity contribution >= 4 is 22.8 Å². The van der Waals surface area contributed by atoms with Crippen molar-refractivity contribution in [1.82, 2.24) is 9.80 Å². The Hall–Kier alpha value is -1.91. The number of rotatable bonds is 4. The molecule has 1 aromatic carbocycles. The Balaban J connectivity index is 1.37. The first-order valence-electron chi connectivity index (χ1n) is 9.11. The molecule has 25 heavy (non-hydrogen) atoms. The fourth-order valence-electron chi connectivity index (χ4n) is 3.90. The van der Waals surface area contributed by atoms with Crippen molar-refractivity contribution in [2.24, 2.45) is 0 Å². The van der Waals surface area contributed by atoms with Crippen molar-refractivity contribution in [1.29, 1.82) is 0 Å². The maximum absolute atomic E-state index is 12.8. The van der Waals surface area contributed by atoms with Gasteiger partial charge in [-0.15, -0.1) is 11.3 Å². The number of likely N-dealkylation sites (tertiary alicyclic amines) is 1. The molecule has 1 aromatic heterocycles. The van der Waals surface area contributed by atoms with E-state index in [2.05, 4.69) is 52.8 Å². The molecule has 1 amide bonds. The predicted molar refractivity (Wildman–Crippen MR) is 103 cm³/mol. The number of amides is 1. The van der Waals surface area contributed by atoms with E-state index in [9.17, 15) is 4.79 Å². The molecule has 0 N–H and O–H groups in total. The molecule has 1 atom stereocenters. The normalized spacial score (nSPS) is 21.4. The van der Waals surface area contributed by atoms with Gasteiger partial charge in [-0.1, -0.05) is 42.5 Å². The zero-order valence-corrected chi connectivity index (χ0v) is 15.3. The van der Waals surface area contributed by atoms with E-state index in [0.717, 1.165) is 26.1 Å². The van der Waals surface area contributed by atoms with Crippen LogP contribution in [0.2, 0.25) is 0 Å². The van der Waals surface area contributed by atoms with Gasteiger partial charge in [0.2, 0.25) is 5.91 Å². The maximum Gasteiger partial charge on any atom is 0.237 e. The van der Waals surface area contributed by atoms with Gasteiger partial charge in [0.1, 0.15) is 0 Å². The van der Waals surface area contributed by atoms with Crippen molar-refractivity contribution in [2.75, 3.05) is 26.2 Å². The summed E-state index contributed by atoms with van der Waals surface area (Å²) >= 11 is 1.81. The molecule has 2 aromatic rings. The van der Waals surface area contributed by atoms with Crippen LogP contribution in [0.1, 0.15) is 35.7 Å². The lowest BCUT2D eigenvalue weighted by atomic mass is 9.99. The topological polar surface area (TPSA) is 23.6 Å². The molecule has 2 aliphatic heterocycles. The standard InChI is InChI=1S/C21H24N2OS/c24-21(16-23-12-4-8-19(23)20-9-5-15-25-20)22-13-10-18(11-14-22)17-6-2-1-3-7-17/h1-3,5-7,9-10,15,19H,4,8,11-14,16H2/t19-/m0/s1. The lowest BCUT2D eigenvalue weighted by Gasteiger charge is -2.30. The summed E-state index contributed by atoms with van der Waals surface area (Å²) < 4.78 is 0. The zero-order chi connectivity index (χ0) is 17.1. The van der Waals surface area contributed by atoms with Crippen molar-refractivity contribution in [3.63, 3.8) is 0 Å². The van der Waals surface area contributed by atoms with E-state index < -0.39 is 0 Å². The Bertz CT molecular complexity index is 739. The third-order valence-corrected chi connectivity index (χ3v) is 6.25. The summed E-state index contributed by atoms with van der Waals surface area (Å²) in [4.78, 5) is 18.5. The average Bonchev–Trinajstić information content (AvgIpc) is 3.34. The molecule has 130 valence electrons. The summed E-state index contributed by atoms with van der Waals surface area (Å²) in [5.41, 5.74) is 2.65. The van der Waals surface area contributed by atoms with Crippen molar-refractivity contribution < 1.29 is 4.79 Å². The summed E-state index contributed by atoms with van der Waals surface area (Å²) in [5, 5.41) is 2.13. The van der Waals surface area contributed by atoms with Gasteiger partial charge < -0.3 is 4.90 Å².